The number of nitrogens with two attached hydrogens (primary N) is 1. The first kappa shape index (κ1) is 14.8. The second kappa shape index (κ2) is 6.68. The summed E-state index contributed by atoms with van der Waals surface area (Å²) >= 11 is 0. The standard InChI is InChI=1S/C14H26N2O3/c1-10(11-3-4-11)16(7-8-18-2)14(17)13-6-5-12(9-15)19-13/h10-13H,3-9,15H2,1-2H3. The van der Waals surface area contributed by atoms with Gasteiger partial charge < -0.3 is 20.1 Å². The number of rotatable bonds is 7. The number of hydrogen-bond acceptors (Lipinski definition) is 4. The fraction of sp³-hybridized carbons (Fsp3) is 0.929. The molecular weight excluding hydrogens is 244 g/mol. The van der Waals surface area contributed by atoms with Crippen molar-refractivity contribution in [2.24, 2.45) is 11.7 Å². The third-order valence-corrected chi connectivity index (χ3v) is 4.26. The van der Waals surface area contributed by atoms with E-state index in [2.05, 4.69) is 6.92 Å². The minimum Gasteiger partial charge on any atom is -0.383 e. The summed E-state index contributed by atoms with van der Waals surface area (Å²) < 4.78 is 10.8. The lowest BCUT2D eigenvalue weighted by Crippen LogP contribution is -2.47. The van der Waals surface area contributed by atoms with Crippen molar-refractivity contribution in [1.29, 1.82) is 0 Å². The van der Waals surface area contributed by atoms with E-state index in [4.69, 9.17) is 15.2 Å². The van der Waals surface area contributed by atoms with Gasteiger partial charge in [-0.2, -0.15) is 0 Å². The van der Waals surface area contributed by atoms with Crippen molar-refractivity contribution < 1.29 is 14.3 Å². The Morgan fingerprint density at radius 1 is 1.42 bits per heavy atom. The highest BCUT2D eigenvalue weighted by molar-refractivity contribution is 5.81. The highest BCUT2D eigenvalue weighted by atomic mass is 16.5. The largest absolute Gasteiger partial charge is 0.383 e. The average Bonchev–Trinajstić information content (AvgIpc) is 3.16. The van der Waals surface area contributed by atoms with Gasteiger partial charge in [0.25, 0.3) is 5.91 Å². The number of carbonyl (C=O) groups excluding carboxylic acids is 1. The number of hydrogen-bond donors (Lipinski definition) is 1. The molecule has 110 valence electrons. The van der Waals surface area contributed by atoms with Crippen molar-refractivity contribution >= 4 is 5.91 Å². The minimum atomic E-state index is -0.299. The predicted molar refractivity (Wildman–Crippen MR) is 72.7 cm³/mol. The number of methoxy groups -OCH3 is 1. The first-order chi connectivity index (χ1) is 9.17. The molecule has 2 fully saturated rings. The molecule has 0 bridgehead atoms. The van der Waals surface area contributed by atoms with Crippen molar-refractivity contribution in [2.45, 2.75) is 50.9 Å². The Bertz CT molecular complexity index is 307. The second-order valence-electron chi connectivity index (χ2n) is 5.66. The normalized spacial score (nSPS) is 28.4. The Balaban J connectivity index is 1.94. The average molecular weight is 270 g/mol. The SMILES string of the molecule is COCCN(C(=O)C1CCC(CN)O1)C(C)C1CC1. The molecule has 0 aromatic carbocycles. The zero-order valence-corrected chi connectivity index (χ0v) is 12.0. The molecule has 0 aromatic rings. The molecular formula is C14H26N2O3. The van der Waals surface area contributed by atoms with Crippen LogP contribution in [0.5, 0.6) is 0 Å². The summed E-state index contributed by atoms with van der Waals surface area (Å²) in [6.45, 7) is 3.87. The molecule has 2 rings (SSSR count). The van der Waals surface area contributed by atoms with E-state index in [1.54, 1.807) is 7.11 Å². The van der Waals surface area contributed by atoms with Crippen molar-refractivity contribution in [3.05, 3.63) is 0 Å². The Morgan fingerprint density at radius 3 is 2.68 bits per heavy atom. The Labute approximate surface area is 115 Å². The van der Waals surface area contributed by atoms with Gasteiger partial charge in [-0.25, -0.2) is 0 Å². The van der Waals surface area contributed by atoms with E-state index in [0.717, 1.165) is 12.8 Å². The smallest absolute Gasteiger partial charge is 0.252 e. The molecule has 3 unspecified atom stereocenters. The zero-order chi connectivity index (χ0) is 13.8. The summed E-state index contributed by atoms with van der Waals surface area (Å²) in [4.78, 5) is 14.5. The van der Waals surface area contributed by atoms with Gasteiger partial charge in [0.15, 0.2) is 0 Å². The topological polar surface area (TPSA) is 64.8 Å². The molecule has 5 heteroatoms. The monoisotopic (exact) mass is 270 g/mol. The molecule has 0 spiro atoms. The van der Waals surface area contributed by atoms with E-state index in [1.807, 2.05) is 4.90 Å². The molecule has 1 amide bonds. The molecule has 0 aromatic heterocycles. The van der Waals surface area contributed by atoms with Gasteiger partial charge in [0, 0.05) is 26.2 Å². The van der Waals surface area contributed by atoms with Gasteiger partial charge in [0.05, 0.1) is 12.7 Å². The van der Waals surface area contributed by atoms with Gasteiger partial charge in [0.1, 0.15) is 6.10 Å². The van der Waals surface area contributed by atoms with E-state index >= 15 is 0 Å². The molecule has 1 heterocycles. The number of carbonyl (C=O) groups is 1. The van der Waals surface area contributed by atoms with Crippen LogP contribution in [0.1, 0.15) is 32.6 Å². The van der Waals surface area contributed by atoms with Crippen molar-refractivity contribution in [2.75, 3.05) is 26.8 Å². The lowest BCUT2D eigenvalue weighted by Gasteiger charge is -2.31. The quantitative estimate of drug-likeness (QED) is 0.742. The highest BCUT2D eigenvalue weighted by Crippen LogP contribution is 2.36. The summed E-state index contributed by atoms with van der Waals surface area (Å²) in [5, 5.41) is 0. The van der Waals surface area contributed by atoms with Gasteiger partial charge in [-0.15, -0.1) is 0 Å². The molecule has 19 heavy (non-hydrogen) atoms. The van der Waals surface area contributed by atoms with E-state index in [0.29, 0.717) is 31.7 Å². The summed E-state index contributed by atoms with van der Waals surface area (Å²) in [6, 6.07) is 0.295. The van der Waals surface area contributed by atoms with Crippen LogP contribution in [-0.2, 0) is 14.3 Å². The van der Waals surface area contributed by atoms with E-state index < -0.39 is 0 Å². The van der Waals surface area contributed by atoms with Crippen molar-refractivity contribution in [3.63, 3.8) is 0 Å². The number of nitrogens with zero attached hydrogens (tertiary/aromatic N) is 1. The predicted octanol–water partition coefficient (Wildman–Crippen LogP) is 0.766. The Hall–Kier alpha value is -0.650. The van der Waals surface area contributed by atoms with Crippen LogP contribution in [-0.4, -0.2) is 55.9 Å². The maximum Gasteiger partial charge on any atom is 0.252 e. The van der Waals surface area contributed by atoms with Crippen LogP contribution in [0.15, 0.2) is 0 Å². The lowest BCUT2D eigenvalue weighted by atomic mass is 10.1. The first-order valence-electron chi connectivity index (χ1n) is 7.32. The van der Waals surface area contributed by atoms with Crippen LogP contribution < -0.4 is 5.73 Å². The molecule has 3 atom stereocenters. The number of amides is 1. The van der Waals surface area contributed by atoms with E-state index in [1.165, 1.54) is 12.8 Å². The van der Waals surface area contributed by atoms with E-state index in [9.17, 15) is 4.79 Å². The van der Waals surface area contributed by atoms with Crippen LogP contribution in [0.25, 0.3) is 0 Å². The van der Waals surface area contributed by atoms with Crippen molar-refractivity contribution in [1.82, 2.24) is 4.90 Å². The molecule has 1 saturated heterocycles. The summed E-state index contributed by atoms with van der Waals surface area (Å²) in [7, 11) is 1.67. The van der Waals surface area contributed by atoms with Crippen LogP contribution in [0.3, 0.4) is 0 Å². The fourth-order valence-electron chi connectivity index (χ4n) is 2.78. The number of ether oxygens (including phenoxy) is 2. The molecule has 5 nitrogen and oxygen atoms in total. The van der Waals surface area contributed by atoms with Gasteiger partial charge in [-0.1, -0.05) is 0 Å². The first-order valence-corrected chi connectivity index (χ1v) is 7.32. The summed E-state index contributed by atoms with van der Waals surface area (Å²) in [5.74, 6) is 0.778. The third-order valence-electron chi connectivity index (χ3n) is 4.26. The van der Waals surface area contributed by atoms with Gasteiger partial charge in [-0.05, 0) is 38.5 Å². The lowest BCUT2D eigenvalue weighted by molar-refractivity contribution is -0.146. The van der Waals surface area contributed by atoms with Gasteiger partial charge in [0.2, 0.25) is 0 Å². The molecule has 2 aliphatic rings. The van der Waals surface area contributed by atoms with Gasteiger partial charge in [-0.3, -0.25) is 4.79 Å². The maximum absolute atomic E-state index is 12.6. The van der Waals surface area contributed by atoms with E-state index in [-0.39, 0.29) is 18.1 Å². The third kappa shape index (κ3) is 3.68. The van der Waals surface area contributed by atoms with Crippen molar-refractivity contribution in [3.8, 4) is 0 Å². The van der Waals surface area contributed by atoms with Crippen LogP contribution in [0, 0.1) is 5.92 Å². The summed E-state index contributed by atoms with van der Waals surface area (Å²) in [5.41, 5.74) is 5.60. The Kier molecular flexibility index (Phi) is 5.19. The molecule has 1 aliphatic carbocycles. The molecule has 1 aliphatic heterocycles. The molecule has 1 saturated carbocycles. The minimum absolute atomic E-state index is 0.0504. The fourth-order valence-corrected chi connectivity index (χ4v) is 2.78. The highest BCUT2D eigenvalue weighted by Gasteiger charge is 2.39. The van der Waals surface area contributed by atoms with Crippen LogP contribution >= 0.6 is 0 Å². The second-order valence-corrected chi connectivity index (χ2v) is 5.66. The Morgan fingerprint density at radius 2 is 2.16 bits per heavy atom. The molecule has 2 N–H and O–H groups in total. The zero-order valence-electron chi connectivity index (χ0n) is 12.0. The summed E-state index contributed by atoms with van der Waals surface area (Å²) in [6.07, 6.45) is 3.90. The molecule has 0 radical (unpaired) electrons. The van der Waals surface area contributed by atoms with Crippen LogP contribution in [0.2, 0.25) is 0 Å². The van der Waals surface area contributed by atoms with Gasteiger partial charge >= 0.3 is 0 Å². The maximum atomic E-state index is 12.6. The van der Waals surface area contributed by atoms with Crippen LogP contribution in [0.4, 0.5) is 0 Å².